The number of likely N-dealkylation sites (tertiary alicyclic amines) is 1. The summed E-state index contributed by atoms with van der Waals surface area (Å²) in [5.74, 6) is -10.1. The maximum Gasteiger partial charge on any atom is 0.393 e. The smallest absolute Gasteiger partial charge is 0.343 e. The fraction of sp³-hybridized carbons (Fsp3) is 0.836. The standard InChI is InChI=1S/C73H116ClF3N12O12/c1-10-46(2)62-69(99)83(5)44-60(92)81(3)45-61(93)85(7)56(41-47-23-14-11-15-24-47)67(97)82(4)43-58(90)78-53(33-31-48-30-32-51(52(74)39-48)73(75,76)77)66(96)89-38-22-27-54(89)65(95)80-72(34-18-19-35-72)71(101)87(9)63(50-25-16-12-17-26-50)70(100)86(8)57(68(98)88-36-20-13-21-37-88)42-59(91)84(6)55(64(94)79-62)40-49-28-29-49/h46-57,62-63H,10-45H2,1-9H3,(H,78,90)(H,79,94)(H,80,95)/t46-,48?,51?,52?,53-,54-,55-,56-,57-,62-,63-/m0/s1. The number of hydrogen-bond acceptors (Lipinski definition) is 12. The van der Waals surface area contributed by atoms with Crippen LogP contribution < -0.4 is 16.0 Å². The van der Waals surface area contributed by atoms with E-state index in [1.54, 1.807) is 18.9 Å². The van der Waals surface area contributed by atoms with E-state index in [9.17, 15) is 41.9 Å². The molecular formula is C73H116ClF3N12O12. The molecule has 3 saturated heterocycles. The van der Waals surface area contributed by atoms with E-state index in [1.165, 1.54) is 76.6 Å². The Bertz CT molecular complexity index is 2950. The second kappa shape index (κ2) is 35.9. The zero-order chi connectivity index (χ0) is 73.8. The average Bonchev–Trinajstić information content (AvgIpc) is 1.73. The van der Waals surface area contributed by atoms with Crippen LogP contribution in [-0.4, -0.2) is 263 Å². The predicted molar refractivity (Wildman–Crippen MR) is 372 cm³/mol. The van der Waals surface area contributed by atoms with Gasteiger partial charge in [0.05, 0.1) is 32.0 Å². The molecule has 28 heteroatoms. The van der Waals surface area contributed by atoms with Gasteiger partial charge in [0.1, 0.15) is 47.8 Å². The fourth-order valence-corrected chi connectivity index (χ4v) is 17.6. The highest BCUT2D eigenvalue weighted by atomic mass is 35.5. The average molecular weight is 1450 g/mol. The van der Waals surface area contributed by atoms with Gasteiger partial charge in [0.25, 0.3) is 0 Å². The molecule has 568 valence electrons. The Labute approximate surface area is 600 Å². The molecule has 8 fully saturated rings. The van der Waals surface area contributed by atoms with Gasteiger partial charge in [-0.05, 0) is 132 Å². The van der Waals surface area contributed by atoms with Gasteiger partial charge in [-0.2, -0.15) is 13.2 Å². The molecule has 0 aromatic heterocycles. The first-order valence-corrected chi connectivity index (χ1v) is 38.3. The summed E-state index contributed by atoms with van der Waals surface area (Å²) in [5.41, 5.74) is -1.54. The van der Waals surface area contributed by atoms with E-state index in [0.717, 1.165) is 75.5 Å². The number of rotatable bonds is 11. The first kappa shape index (κ1) is 80.4. The van der Waals surface area contributed by atoms with Gasteiger partial charge in [0.2, 0.25) is 70.9 Å². The molecule has 12 amide bonds. The van der Waals surface area contributed by atoms with Crippen LogP contribution in [0.4, 0.5) is 13.2 Å². The molecule has 3 unspecified atom stereocenters. The molecule has 1 spiro atoms. The molecule has 3 N–H and O–H groups in total. The molecule has 0 aromatic rings. The van der Waals surface area contributed by atoms with Crippen molar-refractivity contribution < 1.29 is 70.7 Å². The fourth-order valence-electron chi connectivity index (χ4n) is 17.0. The molecule has 0 aromatic carbocycles. The normalized spacial score (nSPS) is 30.6. The number of piperidine rings is 1. The summed E-state index contributed by atoms with van der Waals surface area (Å²) in [6.07, 6.45) is 9.83. The van der Waals surface area contributed by atoms with Crippen LogP contribution in [0.15, 0.2) is 0 Å². The Morgan fingerprint density at radius 3 is 1.74 bits per heavy atom. The van der Waals surface area contributed by atoms with E-state index in [-0.39, 0.29) is 94.4 Å². The zero-order valence-electron chi connectivity index (χ0n) is 61.5. The summed E-state index contributed by atoms with van der Waals surface area (Å²) in [5, 5.41) is 7.69. The summed E-state index contributed by atoms with van der Waals surface area (Å²) in [4.78, 5) is 192. The summed E-state index contributed by atoms with van der Waals surface area (Å²) >= 11 is 6.41. The quantitative estimate of drug-likeness (QED) is 0.194. The van der Waals surface area contributed by atoms with Crippen LogP contribution in [0.25, 0.3) is 0 Å². The van der Waals surface area contributed by atoms with Gasteiger partial charge < -0.3 is 60.0 Å². The number of carbonyl (C=O) groups is 12. The van der Waals surface area contributed by atoms with Gasteiger partial charge in [-0.15, -0.1) is 11.6 Å². The highest BCUT2D eigenvalue weighted by Crippen LogP contribution is 2.44. The van der Waals surface area contributed by atoms with Crippen molar-refractivity contribution in [2.45, 2.75) is 266 Å². The summed E-state index contributed by atoms with van der Waals surface area (Å²) in [7, 11) is 10.2. The van der Waals surface area contributed by atoms with Crippen LogP contribution in [-0.2, 0) is 57.5 Å². The third-order valence-electron chi connectivity index (χ3n) is 24.0. The summed E-state index contributed by atoms with van der Waals surface area (Å²) in [6, 6.07) is -8.39. The van der Waals surface area contributed by atoms with E-state index >= 15 is 28.8 Å². The maximum absolute atomic E-state index is 15.8. The Morgan fingerprint density at radius 2 is 1.13 bits per heavy atom. The topological polar surface area (TPSA) is 270 Å². The van der Waals surface area contributed by atoms with Crippen molar-refractivity contribution in [3.8, 4) is 0 Å². The van der Waals surface area contributed by atoms with Crippen molar-refractivity contribution in [3.63, 3.8) is 0 Å². The number of amides is 12. The molecule has 5 saturated carbocycles. The van der Waals surface area contributed by atoms with Crippen molar-refractivity contribution in [2.75, 3.05) is 88.6 Å². The Balaban J connectivity index is 1.15. The van der Waals surface area contributed by atoms with Gasteiger partial charge in [-0.1, -0.05) is 97.3 Å². The number of alkyl halides is 4. The van der Waals surface area contributed by atoms with E-state index in [1.807, 2.05) is 6.92 Å². The number of nitrogens with one attached hydrogen (secondary N) is 3. The lowest BCUT2D eigenvalue weighted by Gasteiger charge is -2.43. The Hall–Kier alpha value is -6.28. The molecule has 5 aliphatic carbocycles. The third-order valence-corrected chi connectivity index (χ3v) is 24.5. The number of carbonyl (C=O) groups excluding carboxylic acids is 12. The number of likely N-dealkylation sites (N-methyl/N-ethyl adjacent to an activating group) is 7. The molecular weight excluding hydrogens is 1330 g/mol. The second-order valence-corrected chi connectivity index (χ2v) is 31.9. The van der Waals surface area contributed by atoms with Gasteiger partial charge >= 0.3 is 6.18 Å². The maximum atomic E-state index is 15.8. The second-order valence-electron chi connectivity index (χ2n) is 31.3. The van der Waals surface area contributed by atoms with Crippen molar-refractivity contribution in [2.24, 2.45) is 35.5 Å². The van der Waals surface area contributed by atoms with Gasteiger partial charge in [-0.25, -0.2) is 0 Å². The van der Waals surface area contributed by atoms with E-state index in [4.69, 9.17) is 11.6 Å². The molecule has 8 aliphatic rings. The van der Waals surface area contributed by atoms with Crippen molar-refractivity contribution in [1.82, 2.24) is 60.0 Å². The highest BCUT2D eigenvalue weighted by molar-refractivity contribution is 6.21. The van der Waals surface area contributed by atoms with E-state index in [0.29, 0.717) is 64.5 Å². The molecule has 11 atom stereocenters. The molecule has 3 heterocycles. The minimum Gasteiger partial charge on any atom is -0.343 e. The number of hydrogen-bond donors (Lipinski definition) is 3. The summed E-state index contributed by atoms with van der Waals surface area (Å²) < 4.78 is 42.1. The molecule has 3 aliphatic heterocycles. The Morgan fingerprint density at radius 1 is 0.554 bits per heavy atom. The molecule has 24 nitrogen and oxygen atoms in total. The van der Waals surface area contributed by atoms with Crippen molar-refractivity contribution in [3.05, 3.63) is 0 Å². The SMILES string of the molecule is CC[C@H](C)[C@@H]1NC(=O)[C@H](CC2CC2)N(C)C(=O)C[C@@H](C(=O)N2CCCCC2)N(C)C(=O)[C@H](C2CCCCC2)N(C)C(=O)C2(CCCC2)NC(=O)[C@@H]2CCCN2C(=O)[C@H](CCC2CCC(C(F)(F)F)C(Cl)C2)NC(=O)CN(C)C(=O)[C@H](CC2CCCCC2)N(C)C(=O)CN(C)C(=O)CN(C)C1=O. The zero-order valence-corrected chi connectivity index (χ0v) is 62.2. The van der Waals surface area contributed by atoms with Crippen LogP contribution in [0, 0.1) is 35.5 Å². The lowest BCUT2D eigenvalue weighted by Crippen LogP contribution is -2.65. The molecule has 0 radical (unpaired) electrons. The van der Waals surface area contributed by atoms with E-state index < -0.39 is 168 Å². The number of nitrogens with zero attached hydrogens (tertiary/aromatic N) is 9. The Kier molecular flexibility index (Phi) is 28.6. The van der Waals surface area contributed by atoms with Crippen LogP contribution in [0.5, 0.6) is 0 Å². The first-order chi connectivity index (χ1) is 47.8. The minimum absolute atomic E-state index is 0.00485. The molecule has 8 rings (SSSR count). The molecule has 0 bridgehead atoms. The monoisotopic (exact) mass is 1440 g/mol. The van der Waals surface area contributed by atoms with Gasteiger partial charge in [0.15, 0.2) is 0 Å². The summed E-state index contributed by atoms with van der Waals surface area (Å²) in [6.45, 7) is 2.90. The van der Waals surface area contributed by atoms with Gasteiger partial charge in [0, 0.05) is 74.3 Å². The minimum atomic E-state index is -4.50. The first-order valence-electron chi connectivity index (χ1n) is 37.9. The van der Waals surface area contributed by atoms with Crippen molar-refractivity contribution in [1.29, 1.82) is 0 Å². The highest BCUT2D eigenvalue weighted by Gasteiger charge is 2.52. The number of fused-ring (bicyclic) bond motifs is 1. The predicted octanol–water partition coefficient (Wildman–Crippen LogP) is 6.24. The largest absolute Gasteiger partial charge is 0.393 e. The van der Waals surface area contributed by atoms with E-state index in [2.05, 4.69) is 16.0 Å². The van der Waals surface area contributed by atoms with Crippen molar-refractivity contribution >= 4 is 82.5 Å². The lowest BCUT2D eigenvalue weighted by atomic mass is 9.78. The van der Waals surface area contributed by atoms with Crippen LogP contribution >= 0.6 is 11.6 Å². The lowest BCUT2D eigenvalue weighted by molar-refractivity contribution is -0.182. The number of halogens is 4. The van der Waals surface area contributed by atoms with Crippen LogP contribution in [0.3, 0.4) is 0 Å². The van der Waals surface area contributed by atoms with Crippen LogP contribution in [0.1, 0.15) is 206 Å². The van der Waals surface area contributed by atoms with Gasteiger partial charge in [-0.3, -0.25) is 57.5 Å². The third kappa shape index (κ3) is 20.4. The van der Waals surface area contributed by atoms with Crippen LogP contribution in [0.2, 0.25) is 0 Å². The molecule has 101 heavy (non-hydrogen) atoms.